The third kappa shape index (κ3) is 4.59. The summed E-state index contributed by atoms with van der Waals surface area (Å²) < 4.78 is 0. The number of amides is 1. The zero-order valence-corrected chi connectivity index (χ0v) is 13.7. The Balaban J connectivity index is 2.90. The molecule has 116 valence electrons. The first-order chi connectivity index (χ1) is 9.43. The molecule has 4 nitrogen and oxygen atoms in total. The molecular formula is C17H25NO3. The van der Waals surface area contributed by atoms with Crippen LogP contribution in [0.1, 0.15) is 47.1 Å². The van der Waals surface area contributed by atoms with Gasteiger partial charge >= 0.3 is 5.97 Å². The van der Waals surface area contributed by atoms with Gasteiger partial charge in [0.15, 0.2) is 0 Å². The Hall–Kier alpha value is -1.84. The fraction of sp³-hybridized carbons (Fsp3) is 0.529. The maximum Gasteiger partial charge on any atom is 0.316 e. The van der Waals surface area contributed by atoms with Crippen LogP contribution < -0.4 is 5.32 Å². The summed E-state index contributed by atoms with van der Waals surface area (Å²) in [5, 5.41) is 11.9. The smallest absolute Gasteiger partial charge is 0.316 e. The Morgan fingerprint density at radius 1 is 1.00 bits per heavy atom. The van der Waals surface area contributed by atoms with Crippen LogP contribution in [0.3, 0.4) is 0 Å². The van der Waals surface area contributed by atoms with Gasteiger partial charge in [0.05, 0.1) is 0 Å². The van der Waals surface area contributed by atoms with Crippen molar-refractivity contribution in [3.05, 3.63) is 29.8 Å². The van der Waals surface area contributed by atoms with Crippen molar-refractivity contribution in [2.24, 2.45) is 11.3 Å². The summed E-state index contributed by atoms with van der Waals surface area (Å²) in [4.78, 5) is 23.5. The number of hydrogen-bond acceptors (Lipinski definition) is 2. The van der Waals surface area contributed by atoms with Gasteiger partial charge in [0.1, 0.15) is 5.92 Å². The summed E-state index contributed by atoms with van der Waals surface area (Å²) in [7, 11) is 0. The van der Waals surface area contributed by atoms with Crippen molar-refractivity contribution >= 4 is 17.6 Å². The van der Waals surface area contributed by atoms with E-state index >= 15 is 0 Å². The first-order valence-corrected chi connectivity index (χ1v) is 7.07. The van der Waals surface area contributed by atoms with Crippen molar-refractivity contribution in [1.82, 2.24) is 0 Å². The minimum atomic E-state index is -1.11. The molecule has 1 aromatic carbocycles. The SMILES string of the molecule is CC(C)(C)c1ccc(NC(=O)C(C(=O)O)C(C)(C)C)cc1. The number of aliphatic carboxylic acids is 1. The number of benzene rings is 1. The van der Waals surface area contributed by atoms with Crippen LogP contribution >= 0.6 is 0 Å². The third-order valence-corrected chi connectivity index (χ3v) is 3.39. The van der Waals surface area contributed by atoms with Crippen LogP contribution in [0, 0.1) is 11.3 Å². The topological polar surface area (TPSA) is 66.4 Å². The lowest BCUT2D eigenvalue weighted by atomic mass is 9.80. The molecule has 21 heavy (non-hydrogen) atoms. The quantitative estimate of drug-likeness (QED) is 0.835. The zero-order chi connectivity index (χ0) is 16.4. The van der Waals surface area contributed by atoms with Crippen LogP contribution in [0.15, 0.2) is 24.3 Å². The van der Waals surface area contributed by atoms with E-state index in [1.54, 1.807) is 32.9 Å². The Kier molecular flexibility index (Phi) is 4.82. The van der Waals surface area contributed by atoms with Crippen LogP contribution in [-0.2, 0) is 15.0 Å². The van der Waals surface area contributed by atoms with E-state index in [1.165, 1.54) is 0 Å². The van der Waals surface area contributed by atoms with Gasteiger partial charge < -0.3 is 10.4 Å². The Bertz CT molecular complexity index is 518. The van der Waals surface area contributed by atoms with E-state index in [0.717, 1.165) is 5.56 Å². The van der Waals surface area contributed by atoms with Crippen LogP contribution in [-0.4, -0.2) is 17.0 Å². The monoisotopic (exact) mass is 291 g/mol. The molecule has 1 amide bonds. The summed E-state index contributed by atoms with van der Waals surface area (Å²) in [6.45, 7) is 11.6. The van der Waals surface area contributed by atoms with E-state index in [9.17, 15) is 14.7 Å². The molecule has 0 saturated heterocycles. The van der Waals surface area contributed by atoms with Crippen molar-refractivity contribution in [3.63, 3.8) is 0 Å². The van der Waals surface area contributed by atoms with Crippen molar-refractivity contribution in [1.29, 1.82) is 0 Å². The molecule has 0 bridgehead atoms. The summed E-state index contributed by atoms with van der Waals surface area (Å²) in [5.74, 6) is -2.68. The molecule has 0 spiro atoms. The third-order valence-electron chi connectivity index (χ3n) is 3.39. The van der Waals surface area contributed by atoms with Crippen LogP contribution in [0.5, 0.6) is 0 Å². The molecule has 1 atom stereocenters. The van der Waals surface area contributed by atoms with Gasteiger partial charge in [-0.05, 0) is 28.5 Å². The normalized spacial score (nSPS) is 13.6. The van der Waals surface area contributed by atoms with Crippen molar-refractivity contribution in [3.8, 4) is 0 Å². The Morgan fingerprint density at radius 3 is 1.81 bits per heavy atom. The molecule has 0 aromatic heterocycles. The molecule has 0 aliphatic heterocycles. The highest BCUT2D eigenvalue weighted by molar-refractivity contribution is 6.04. The Morgan fingerprint density at radius 2 is 1.48 bits per heavy atom. The molecule has 1 rings (SSSR count). The second kappa shape index (κ2) is 5.88. The van der Waals surface area contributed by atoms with E-state index in [4.69, 9.17) is 0 Å². The summed E-state index contributed by atoms with van der Waals surface area (Å²) >= 11 is 0. The zero-order valence-electron chi connectivity index (χ0n) is 13.7. The van der Waals surface area contributed by atoms with Crippen LogP contribution in [0.25, 0.3) is 0 Å². The fourth-order valence-electron chi connectivity index (χ4n) is 2.14. The predicted octanol–water partition coefficient (Wildman–Crippen LogP) is 3.67. The molecule has 0 saturated carbocycles. The number of anilines is 1. The second-order valence-corrected chi connectivity index (χ2v) is 7.45. The number of hydrogen-bond donors (Lipinski definition) is 2. The van der Waals surface area contributed by atoms with Gasteiger partial charge in [0.2, 0.25) is 5.91 Å². The molecule has 0 radical (unpaired) electrons. The van der Waals surface area contributed by atoms with E-state index in [2.05, 4.69) is 26.1 Å². The molecule has 0 aliphatic rings. The molecule has 2 N–H and O–H groups in total. The molecule has 0 heterocycles. The standard InChI is InChI=1S/C17H25NO3/c1-16(2,3)11-7-9-12(10-8-11)18-14(19)13(15(20)21)17(4,5)6/h7-10,13H,1-6H3,(H,18,19)(H,20,21). The number of carboxylic acids is 1. The van der Waals surface area contributed by atoms with Gasteiger partial charge in [-0.15, -0.1) is 0 Å². The van der Waals surface area contributed by atoms with Gasteiger partial charge in [-0.25, -0.2) is 0 Å². The Labute approximate surface area is 126 Å². The average molecular weight is 291 g/mol. The van der Waals surface area contributed by atoms with Crippen molar-refractivity contribution < 1.29 is 14.7 Å². The molecule has 1 unspecified atom stereocenters. The lowest BCUT2D eigenvalue weighted by Crippen LogP contribution is -2.39. The van der Waals surface area contributed by atoms with E-state index in [1.807, 2.05) is 12.1 Å². The van der Waals surface area contributed by atoms with E-state index < -0.39 is 23.2 Å². The van der Waals surface area contributed by atoms with Gasteiger partial charge in [0.25, 0.3) is 0 Å². The van der Waals surface area contributed by atoms with E-state index in [0.29, 0.717) is 5.69 Å². The number of carbonyl (C=O) groups excluding carboxylic acids is 1. The number of carboxylic acid groups (broad SMARTS) is 1. The fourth-order valence-corrected chi connectivity index (χ4v) is 2.14. The number of carbonyl (C=O) groups is 2. The lowest BCUT2D eigenvalue weighted by molar-refractivity contribution is -0.149. The molecule has 0 fully saturated rings. The van der Waals surface area contributed by atoms with Gasteiger partial charge in [0, 0.05) is 5.69 Å². The second-order valence-electron chi connectivity index (χ2n) is 7.45. The maximum absolute atomic E-state index is 12.2. The molecule has 4 heteroatoms. The largest absolute Gasteiger partial charge is 0.481 e. The van der Waals surface area contributed by atoms with E-state index in [-0.39, 0.29) is 5.41 Å². The summed E-state index contributed by atoms with van der Waals surface area (Å²) in [6, 6.07) is 7.51. The van der Waals surface area contributed by atoms with Crippen LogP contribution in [0.2, 0.25) is 0 Å². The number of rotatable bonds is 3. The predicted molar refractivity (Wildman–Crippen MR) is 84.4 cm³/mol. The summed E-state index contributed by atoms with van der Waals surface area (Å²) in [6.07, 6.45) is 0. The lowest BCUT2D eigenvalue weighted by Gasteiger charge is -2.26. The highest BCUT2D eigenvalue weighted by Gasteiger charge is 2.37. The number of nitrogens with one attached hydrogen (secondary N) is 1. The highest BCUT2D eigenvalue weighted by atomic mass is 16.4. The van der Waals surface area contributed by atoms with Gasteiger partial charge in [-0.3, -0.25) is 9.59 Å². The van der Waals surface area contributed by atoms with Crippen LogP contribution in [0.4, 0.5) is 5.69 Å². The maximum atomic E-state index is 12.2. The average Bonchev–Trinajstić information content (AvgIpc) is 2.25. The van der Waals surface area contributed by atoms with Crippen molar-refractivity contribution in [2.45, 2.75) is 47.0 Å². The van der Waals surface area contributed by atoms with Crippen molar-refractivity contribution in [2.75, 3.05) is 5.32 Å². The summed E-state index contributed by atoms with van der Waals surface area (Å²) in [5.41, 5.74) is 1.17. The highest BCUT2D eigenvalue weighted by Crippen LogP contribution is 2.28. The molecular weight excluding hydrogens is 266 g/mol. The van der Waals surface area contributed by atoms with Gasteiger partial charge in [-0.1, -0.05) is 53.7 Å². The molecule has 1 aromatic rings. The first-order valence-electron chi connectivity index (χ1n) is 7.07. The first kappa shape index (κ1) is 17.2. The molecule has 0 aliphatic carbocycles. The minimum Gasteiger partial charge on any atom is -0.481 e. The van der Waals surface area contributed by atoms with Gasteiger partial charge in [-0.2, -0.15) is 0 Å². The minimum absolute atomic E-state index is 0.0392.